The number of amidine groups is 1. The van der Waals surface area contributed by atoms with Gasteiger partial charge in [0.05, 0.1) is 0 Å². The zero-order valence-electron chi connectivity index (χ0n) is 11.0. The molecule has 0 fully saturated rings. The maximum atomic E-state index is 12.0. The van der Waals surface area contributed by atoms with Gasteiger partial charge in [0, 0.05) is 24.5 Å². The van der Waals surface area contributed by atoms with Gasteiger partial charge < -0.3 is 10.9 Å². The molecule has 21 heavy (non-hydrogen) atoms. The summed E-state index contributed by atoms with van der Waals surface area (Å²) in [4.78, 5) is 3.89. The van der Waals surface area contributed by atoms with E-state index in [0.29, 0.717) is 5.56 Å². The van der Waals surface area contributed by atoms with Crippen molar-refractivity contribution in [1.29, 1.82) is 0 Å². The molecule has 0 saturated heterocycles. The lowest BCUT2D eigenvalue weighted by Crippen LogP contribution is -2.23. The minimum absolute atomic E-state index is 0.00232. The van der Waals surface area contributed by atoms with Gasteiger partial charge in [-0.2, -0.15) is 0 Å². The lowest BCUT2D eigenvalue weighted by Gasteiger charge is -2.07. The number of sulfonamides is 1. The van der Waals surface area contributed by atoms with Gasteiger partial charge in [-0.15, -0.1) is 0 Å². The highest BCUT2D eigenvalue weighted by Gasteiger charge is 2.13. The Morgan fingerprint density at radius 2 is 2.00 bits per heavy atom. The fraction of sp³-hybridized carbons (Fsp3) is 0.0769. The van der Waals surface area contributed by atoms with Gasteiger partial charge in [-0.05, 0) is 17.7 Å². The summed E-state index contributed by atoms with van der Waals surface area (Å²) in [6, 6.07) is 9.70. The van der Waals surface area contributed by atoms with E-state index in [1.54, 1.807) is 30.3 Å². The molecule has 0 aliphatic rings. The van der Waals surface area contributed by atoms with Crippen LogP contribution in [0.2, 0.25) is 0 Å². The number of pyridine rings is 1. The monoisotopic (exact) mass is 306 g/mol. The van der Waals surface area contributed by atoms with E-state index in [1.165, 1.54) is 18.5 Å². The Balaban J connectivity index is 2.07. The Labute approximate surface area is 122 Å². The van der Waals surface area contributed by atoms with Crippen LogP contribution in [0.4, 0.5) is 0 Å². The topological polar surface area (TPSA) is 118 Å². The van der Waals surface area contributed by atoms with Gasteiger partial charge in [-0.1, -0.05) is 29.4 Å². The Hall–Kier alpha value is -2.45. The molecule has 0 amide bonds. The molecule has 0 radical (unpaired) electrons. The third kappa shape index (κ3) is 3.77. The van der Waals surface area contributed by atoms with E-state index < -0.39 is 10.0 Å². The first-order valence-electron chi connectivity index (χ1n) is 5.99. The summed E-state index contributed by atoms with van der Waals surface area (Å²) in [7, 11) is -3.59. The van der Waals surface area contributed by atoms with Crippen molar-refractivity contribution in [2.75, 3.05) is 0 Å². The molecule has 1 aromatic carbocycles. The number of nitrogens with zero attached hydrogens (tertiary/aromatic N) is 2. The Morgan fingerprint density at radius 3 is 2.57 bits per heavy atom. The molecule has 110 valence electrons. The van der Waals surface area contributed by atoms with Crippen LogP contribution >= 0.6 is 0 Å². The molecule has 0 spiro atoms. The Morgan fingerprint density at radius 1 is 1.29 bits per heavy atom. The Bertz CT molecular complexity index is 728. The molecule has 0 bridgehead atoms. The quantitative estimate of drug-likeness (QED) is 0.324. The predicted octanol–water partition coefficient (Wildman–Crippen LogP) is 0.655. The highest BCUT2D eigenvalue weighted by atomic mass is 32.2. The van der Waals surface area contributed by atoms with E-state index in [0.717, 1.165) is 5.56 Å². The summed E-state index contributed by atoms with van der Waals surface area (Å²) in [6.07, 6.45) is 2.79. The van der Waals surface area contributed by atoms with Crippen LogP contribution in [-0.2, 0) is 16.6 Å². The molecule has 1 aromatic heterocycles. The maximum absolute atomic E-state index is 12.0. The van der Waals surface area contributed by atoms with Gasteiger partial charge in [0.15, 0.2) is 5.84 Å². The molecule has 8 heteroatoms. The van der Waals surface area contributed by atoms with Crippen LogP contribution in [0, 0.1) is 0 Å². The molecule has 2 aromatic rings. The van der Waals surface area contributed by atoms with Crippen molar-refractivity contribution in [3.8, 4) is 0 Å². The molecule has 0 atom stereocenters. The van der Waals surface area contributed by atoms with E-state index in [2.05, 4.69) is 14.9 Å². The van der Waals surface area contributed by atoms with E-state index in [1.807, 2.05) is 0 Å². The second kappa shape index (κ2) is 6.33. The van der Waals surface area contributed by atoms with E-state index in [-0.39, 0.29) is 17.3 Å². The standard InChI is InChI=1S/C13H14N4O3S/c14-13(17-18)11-5-3-10(4-6-11)8-16-21(19,20)12-2-1-7-15-9-12/h1-7,9,16,18H,8H2,(H2,14,17). The molecule has 0 unspecified atom stereocenters. The number of benzene rings is 1. The maximum Gasteiger partial charge on any atom is 0.242 e. The molecule has 7 nitrogen and oxygen atoms in total. The van der Waals surface area contributed by atoms with Crippen LogP contribution in [0.15, 0.2) is 58.8 Å². The predicted molar refractivity (Wildman–Crippen MR) is 77.2 cm³/mol. The molecule has 0 aliphatic heterocycles. The summed E-state index contributed by atoms with van der Waals surface area (Å²) >= 11 is 0. The van der Waals surface area contributed by atoms with Crippen molar-refractivity contribution < 1.29 is 13.6 Å². The summed E-state index contributed by atoms with van der Waals surface area (Å²) in [5.74, 6) is -0.00232. The second-order valence-electron chi connectivity index (χ2n) is 4.20. The summed E-state index contributed by atoms with van der Waals surface area (Å²) in [6.45, 7) is 0.133. The van der Waals surface area contributed by atoms with E-state index in [4.69, 9.17) is 10.9 Å². The van der Waals surface area contributed by atoms with Crippen molar-refractivity contribution in [3.63, 3.8) is 0 Å². The average molecular weight is 306 g/mol. The van der Waals surface area contributed by atoms with E-state index in [9.17, 15) is 8.42 Å². The highest BCUT2D eigenvalue weighted by Crippen LogP contribution is 2.08. The van der Waals surface area contributed by atoms with Gasteiger partial charge >= 0.3 is 0 Å². The normalized spacial score (nSPS) is 12.3. The molecular weight excluding hydrogens is 292 g/mol. The minimum atomic E-state index is -3.59. The molecular formula is C13H14N4O3S. The molecule has 0 aliphatic carbocycles. The van der Waals surface area contributed by atoms with Crippen molar-refractivity contribution in [1.82, 2.24) is 9.71 Å². The van der Waals surface area contributed by atoms with Crippen LogP contribution in [0.1, 0.15) is 11.1 Å². The molecule has 4 N–H and O–H groups in total. The number of rotatable bonds is 5. The van der Waals surface area contributed by atoms with Crippen LogP contribution in [-0.4, -0.2) is 24.4 Å². The fourth-order valence-electron chi connectivity index (χ4n) is 1.62. The molecule has 2 rings (SSSR count). The van der Waals surface area contributed by atoms with Crippen LogP contribution < -0.4 is 10.5 Å². The number of nitrogens with two attached hydrogens (primary N) is 1. The van der Waals surface area contributed by atoms with Gasteiger partial charge in [0.1, 0.15) is 4.90 Å². The smallest absolute Gasteiger partial charge is 0.242 e. The number of nitrogens with one attached hydrogen (secondary N) is 1. The van der Waals surface area contributed by atoms with Crippen molar-refractivity contribution in [2.45, 2.75) is 11.4 Å². The second-order valence-corrected chi connectivity index (χ2v) is 5.96. The first kappa shape index (κ1) is 14.9. The largest absolute Gasteiger partial charge is 0.409 e. The number of hydrogen-bond donors (Lipinski definition) is 3. The van der Waals surface area contributed by atoms with Crippen LogP contribution in [0.25, 0.3) is 0 Å². The number of hydrogen-bond acceptors (Lipinski definition) is 5. The SMILES string of the molecule is NC(=NO)c1ccc(CNS(=O)(=O)c2cccnc2)cc1. The van der Waals surface area contributed by atoms with E-state index >= 15 is 0 Å². The van der Waals surface area contributed by atoms with Gasteiger partial charge in [-0.3, -0.25) is 4.98 Å². The third-order valence-corrected chi connectivity index (χ3v) is 4.15. The lowest BCUT2D eigenvalue weighted by molar-refractivity contribution is 0.318. The van der Waals surface area contributed by atoms with Gasteiger partial charge in [-0.25, -0.2) is 13.1 Å². The van der Waals surface area contributed by atoms with Gasteiger partial charge in [0.25, 0.3) is 0 Å². The number of aromatic nitrogens is 1. The third-order valence-electron chi connectivity index (χ3n) is 2.77. The van der Waals surface area contributed by atoms with Crippen molar-refractivity contribution >= 4 is 15.9 Å². The fourth-order valence-corrected chi connectivity index (χ4v) is 2.60. The zero-order valence-corrected chi connectivity index (χ0v) is 11.8. The average Bonchev–Trinajstić information content (AvgIpc) is 2.53. The zero-order chi connectivity index (χ0) is 15.3. The minimum Gasteiger partial charge on any atom is -0.409 e. The summed E-state index contributed by atoms with van der Waals surface area (Å²) < 4.78 is 26.5. The number of oxime groups is 1. The Kier molecular flexibility index (Phi) is 4.51. The molecule has 1 heterocycles. The van der Waals surface area contributed by atoms with Crippen molar-refractivity contribution in [2.24, 2.45) is 10.9 Å². The highest BCUT2D eigenvalue weighted by molar-refractivity contribution is 7.89. The van der Waals surface area contributed by atoms with Gasteiger partial charge in [0.2, 0.25) is 10.0 Å². The first-order chi connectivity index (χ1) is 10.0. The molecule has 0 saturated carbocycles. The summed E-state index contributed by atoms with van der Waals surface area (Å²) in [5, 5.41) is 11.4. The van der Waals surface area contributed by atoms with Crippen LogP contribution in [0.3, 0.4) is 0 Å². The summed E-state index contributed by atoms with van der Waals surface area (Å²) in [5.41, 5.74) is 6.74. The first-order valence-corrected chi connectivity index (χ1v) is 7.48. The lowest BCUT2D eigenvalue weighted by atomic mass is 10.1. The van der Waals surface area contributed by atoms with Crippen LogP contribution in [0.5, 0.6) is 0 Å². The van der Waals surface area contributed by atoms with Crippen molar-refractivity contribution in [3.05, 3.63) is 59.9 Å².